The molecule has 4 rings (SSSR count). The number of hydrogen-bond acceptors (Lipinski definition) is 6. The molecule has 0 aliphatic heterocycles. The van der Waals surface area contributed by atoms with Gasteiger partial charge in [-0.25, -0.2) is 9.67 Å². The van der Waals surface area contributed by atoms with Crippen molar-refractivity contribution in [3.8, 4) is 17.2 Å². The van der Waals surface area contributed by atoms with Crippen LogP contribution in [0.1, 0.15) is 21.7 Å². The predicted molar refractivity (Wildman–Crippen MR) is 123 cm³/mol. The lowest BCUT2D eigenvalue weighted by Crippen LogP contribution is -2.23. The molecule has 0 bridgehead atoms. The highest BCUT2D eigenvalue weighted by Crippen LogP contribution is 2.29. The van der Waals surface area contributed by atoms with Gasteiger partial charge in [-0.05, 0) is 37.3 Å². The van der Waals surface area contributed by atoms with Crippen molar-refractivity contribution in [2.45, 2.75) is 13.5 Å². The van der Waals surface area contributed by atoms with Crippen LogP contribution in [0.5, 0.6) is 11.5 Å². The molecule has 0 saturated carbocycles. The SMILES string of the molecule is COc1cc(C(=O)Nc2c(C)n(C)n(-c3ccccc3)c2=O)ccc1OCc1cscn1. The molecule has 0 atom stereocenters. The van der Waals surface area contributed by atoms with Crippen LogP contribution < -0.4 is 20.3 Å². The smallest absolute Gasteiger partial charge is 0.295 e. The van der Waals surface area contributed by atoms with Gasteiger partial charge in [0.05, 0.1) is 29.7 Å². The van der Waals surface area contributed by atoms with E-state index < -0.39 is 5.91 Å². The van der Waals surface area contributed by atoms with Crippen molar-refractivity contribution in [2.75, 3.05) is 12.4 Å². The van der Waals surface area contributed by atoms with Crippen LogP contribution in [0.4, 0.5) is 5.69 Å². The van der Waals surface area contributed by atoms with E-state index in [2.05, 4.69) is 10.3 Å². The molecule has 0 aliphatic carbocycles. The summed E-state index contributed by atoms with van der Waals surface area (Å²) in [4.78, 5) is 30.1. The first kappa shape index (κ1) is 21.4. The third-order valence-corrected chi connectivity index (χ3v) is 5.71. The highest BCUT2D eigenvalue weighted by molar-refractivity contribution is 7.07. The summed E-state index contributed by atoms with van der Waals surface area (Å²) in [5.41, 5.74) is 4.17. The minimum Gasteiger partial charge on any atom is -0.493 e. The number of amides is 1. The Bertz CT molecular complexity index is 1290. The number of carbonyl (C=O) groups is 1. The zero-order valence-electron chi connectivity index (χ0n) is 17.9. The standard InChI is InChI=1S/C23H22N4O4S/c1-15-21(23(29)27(26(15)2)18-7-5-4-6-8-18)25-22(28)16-9-10-19(20(11-16)30-3)31-12-17-13-32-14-24-17/h4-11,13-14H,12H2,1-3H3,(H,25,28). The van der Waals surface area contributed by atoms with Crippen molar-refractivity contribution >= 4 is 22.9 Å². The van der Waals surface area contributed by atoms with Crippen LogP contribution in [-0.2, 0) is 13.7 Å². The minimum atomic E-state index is -0.416. The van der Waals surface area contributed by atoms with Gasteiger partial charge >= 0.3 is 0 Å². The van der Waals surface area contributed by atoms with Gasteiger partial charge in [-0.2, -0.15) is 0 Å². The number of rotatable bonds is 7. The van der Waals surface area contributed by atoms with Crippen molar-refractivity contribution in [1.82, 2.24) is 14.3 Å². The van der Waals surface area contributed by atoms with E-state index in [-0.39, 0.29) is 11.2 Å². The molecule has 4 aromatic rings. The van der Waals surface area contributed by atoms with Crippen LogP contribution >= 0.6 is 11.3 Å². The fourth-order valence-corrected chi connectivity index (χ4v) is 3.83. The van der Waals surface area contributed by atoms with Crippen molar-refractivity contribution in [3.05, 3.63) is 86.7 Å². The first-order valence-electron chi connectivity index (χ1n) is 9.83. The molecule has 2 aromatic carbocycles. The van der Waals surface area contributed by atoms with Crippen LogP contribution in [0.25, 0.3) is 5.69 Å². The Morgan fingerprint density at radius 3 is 2.62 bits per heavy atom. The summed E-state index contributed by atoms with van der Waals surface area (Å²) in [7, 11) is 3.28. The van der Waals surface area contributed by atoms with E-state index >= 15 is 0 Å². The fraction of sp³-hybridized carbons (Fsp3) is 0.174. The molecule has 32 heavy (non-hydrogen) atoms. The summed E-state index contributed by atoms with van der Waals surface area (Å²) in [5, 5.41) is 4.65. The highest BCUT2D eigenvalue weighted by atomic mass is 32.1. The van der Waals surface area contributed by atoms with Gasteiger partial charge in [0, 0.05) is 18.0 Å². The van der Waals surface area contributed by atoms with Gasteiger partial charge in [-0.3, -0.25) is 14.3 Å². The molecule has 0 saturated heterocycles. The fourth-order valence-electron chi connectivity index (χ4n) is 3.29. The quantitative estimate of drug-likeness (QED) is 0.463. The molecule has 8 nitrogen and oxygen atoms in total. The van der Waals surface area contributed by atoms with Crippen molar-refractivity contribution in [1.29, 1.82) is 0 Å². The average molecular weight is 451 g/mol. The average Bonchev–Trinajstić information content (AvgIpc) is 3.41. The molecule has 2 aromatic heterocycles. The van der Waals surface area contributed by atoms with Gasteiger partial charge < -0.3 is 14.8 Å². The predicted octanol–water partition coefficient (Wildman–Crippen LogP) is 3.78. The number of anilines is 1. The number of nitrogens with zero attached hydrogens (tertiary/aromatic N) is 3. The maximum absolute atomic E-state index is 13.0. The first-order chi connectivity index (χ1) is 15.5. The maximum atomic E-state index is 13.0. The van der Waals surface area contributed by atoms with Crippen molar-refractivity contribution in [2.24, 2.45) is 7.05 Å². The second-order valence-electron chi connectivity index (χ2n) is 7.02. The van der Waals surface area contributed by atoms with Crippen molar-refractivity contribution in [3.63, 3.8) is 0 Å². The van der Waals surface area contributed by atoms with Gasteiger partial charge in [0.1, 0.15) is 12.3 Å². The Morgan fingerprint density at radius 2 is 1.94 bits per heavy atom. The number of nitrogens with one attached hydrogen (secondary N) is 1. The van der Waals surface area contributed by atoms with E-state index in [1.165, 1.54) is 23.1 Å². The van der Waals surface area contributed by atoms with Gasteiger partial charge in [-0.1, -0.05) is 18.2 Å². The van der Waals surface area contributed by atoms with Crippen LogP contribution in [0.15, 0.2) is 64.2 Å². The summed E-state index contributed by atoms with van der Waals surface area (Å²) < 4.78 is 14.4. The largest absolute Gasteiger partial charge is 0.493 e. The molecule has 164 valence electrons. The summed E-state index contributed by atoms with van der Waals surface area (Å²) in [5.74, 6) is 0.499. The normalized spacial score (nSPS) is 10.7. The van der Waals surface area contributed by atoms with Gasteiger partial charge in [0.15, 0.2) is 11.5 Å². The lowest BCUT2D eigenvalue weighted by atomic mass is 10.2. The van der Waals surface area contributed by atoms with Gasteiger partial charge in [0.25, 0.3) is 11.5 Å². The Morgan fingerprint density at radius 1 is 1.16 bits per heavy atom. The van der Waals surface area contributed by atoms with Crippen LogP contribution in [0, 0.1) is 6.92 Å². The lowest BCUT2D eigenvalue weighted by Gasteiger charge is -2.11. The van der Waals surface area contributed by atoms with Crippen LogP contribution in [0.2, 0.25) is 0 Å². The van der Waals surface area contributed by atoms with Gasteiger partial charge in [0.2, 0.25) is 0 Å². The van der Waals surface area contributed by atoms with E-state index in [1.807, 2.05) is 35.7 Å². The number of aromatic nitrogens is 3. The maximum Gasteiger partial charge on any atom is 0.295 e. The zero-order valence-corrected chi connectivity index (χ0v) is 18.7. The number of ether oxygens (including phenoxy) is 2. The van der Waals surface area contributed by atoms with E-state index in [4.69, 9.17) is 9.47 Å². The van der Waals surface area contributed by atoms with E-state index in [1.54, 1.807) is 42.4 Å². The molecule has 9 heteroatoms. The number of thiazole rings is 1. The molecule has 1 amide bonds. The molecule has 0 radical (unpaired) electrons. The third kappa shape index (κ3) is 4.15. The Balaban J connectivity index is 1.57. The third-order valence-electron chi connectivity index (χ3n) is 5.08. The summed E-state index contributed by atoms with van der Waals surface area (Å²) in [6.07, 6.45) is 0. The first-order valence-corrected chi connectivity index (χ1v) is 10.8. The van der Waals surface area contributed by atoms with E-state index in [9.17, 15) is 9.59 Å². The monoisotopic (exact) mass is 450 g/mol. The van der Waals surface area contributed by atoms with E-state index in [0.717, 1.165) is 5.69 Å². The molecule has 2 heterocycles. The Hall–Kier alpha value is -3.85. The highest BCUT2D eigenvalue weighted by Gasteiger charge is 2.19. The number of methoxy groups -OCH3 is 1. The number of hydrogen-bond donors (Lipinski definition) is 1. The summed E-state index contributed by atoms with van der Waals surface area (Å²) in [6.45, 7) is 2.08. The molecular weight excluding hydrogens is 428 g/mol. The lowest BCUT2D eigenvalue weighted by molar-refractivity contribution is 0.102. The minimum absolute atomic E-state index is 0.226. The van der Waals surface area contributed by atoms with Crippen LogP contribution in [-0.4, -0.2) is 27.4 Å². The molecule has 0 fully saturated rings. The molecule has 0 unspecified atom stereocenters. The zero-order chi connectivity index (χ0) is 22.7. The van der Waals surface area contributed by atoms with E-state index in [0.29, 0.717) is 35.1 Å². The van der Waals surface area contributed by atoms with Crippen molar-refractivity contribution < 1.29 is 14.3 Å². The van der Waals surface area contributed by atoms with Crippen LogP contribution in [0.3, 0.4) is 0 Å². The molecule has 0 aliphatic rings. The molecule has 0 spiro atoms. The summed E-state index contributed by atoms with van der Waals surface area (Å²) in [6, 6.07) is 14.1. The Kier molecular flexibility index (Phi) is 6.09. The Labute approximate surface area is 188 Å². The number of benzene rings is 2. The van der Waals surface area contributed by atoms with Gasteiger partial charge in [-0.15, -0.1) is 11.3 Å². The second-order valence-corrected chi connectivity index (χ2v) is 7.74. The number of para-hydroxylation sites is 1. The number of carbonyl (C=O) groups excluding carboxylic acids is 1. The summed E-state index contributed by atoms with van der Waals surface area (Å²) >= 11 is 1.49. The second kappa shape index (κ2) is 9.11. The molecular formula is C23H22N4O4S. The molecule has 1 N–H and O–H groups in total. The topological polar surface area (TPSA) is 87.4 Å².